The van der Waals surface area contributed by atoms with Crippen LogP contribution >= 0.6 is 22.9 Å². The van der Waals surface area contributed by atoms with E-state index >= 15 is 0 Å². The molecule has 0 N–H and O–H groups in total. The number of nitrogens with zero attached hydrogens (tertiary/aromatic N) is 3. The van der Waals surface area contributed by atoms with Crippen LogP contribution in [0.4, 0.5) is 0 Å². The molecule has 1 aromatic carbocycles. The lowest BCUT2D eigenvalue weighted by molar-refractivity contribution is 0.0627. The van der Waals surface area contributed by atoms with Crippen molar-refractivity contribution in [3.63, 3.8) is 0 Å². The van der Waals surface area contributed by atoms with Crippen molar-refractivity contribution in [2.24, 2.45) is 0 Å². The maximum Gasteiger partial charge on any atom is 0.254 e. The second-order valence-electron chi connectivity index (χ2n) is 6.88. The van der Waals surface area contributed by atoms with E-state index in [4.69, 9.17) is 25.5 Å². The topological polar surface area (TPSA) is 68.0 Å². The maximum absolute atomic E-state index is 13.0. The molecule has 2 aromatic heterocycles. The number of halogens is 1. The van der Waals surface area contributed by atoms with Gasteiger partial charge in [-0.25, -0.2) is 4.98 Å². The Morgan fingerprint density at radius 2 is 2.03 bits per heavy atom. The smallest absolute Gasteiger partial charge is 0.254 e. The largest absolute Gasteiger partial charge is 0.493 e. The summed E-state index contributed by atoms with van der Waals surface area (Å²) in [5.41, 5.74) is 1.51. The average molecular weight is 448 g/mol. The molecular weight excluding hydrogens is 426 g/mol. The first kappa shape index (κ1) is 20.7. The lowest BCUT2D eigenvalue weighted by atomic mass is 10.1. The van der Waals surface area contributed by atoms with Crippen LogP contribution in [0.15, 0.2) is 40.3 Å². The predicted octanol–water partition coefficient (Wildman–Crippen LogP) is 4.03. The van der Waals surface area contributed by atoms with Gasteiger partial charge in [0.2, 0.25) is 0 Å². The summed E-state index contributed by atoms with van der Waals surface area (Å²) >= 11 is 7.83. The van der Waals surface area contributed by atoms with Gasteiger partial charge in [0.1, 0.15) is 0 Å². The monoisotopic (exact) mass is 447 g/mol. The number of piperazine rings is 1. The van der Waals surface area contributed by atoms with Crippen LogP contribution in [-0.2, 0) is 6.54 Å². The number of hydrogen-bond donors (Lipinski definition) is 0. The number of thiazole rings is 1. The zero-order valence-corrected chi connectivity index (χ0v) is 18.3. The molecule has 0 unspecified atom stereocenters. The average Bonchev–Trinajstić information content (AvgIpc) is 3.45. The second kappa shape index (κ2) is 9.07. The number of furan rings is 1. The molecule has 3 heterocycles. The number of methoxy groups -OCH3 is 2. The number of aromatic nitrogens is 1. The first-order valence-electron chi connectivity index (χ1n) is 9.50. The number of benzene rings is 1. The minimum atomic E-state index is -0.0636. The van der Waals surface area contributed by atoms with E-state index in [1.54, 1.807) is 29.7 Å². The quantitative estimate of drug-likeness (QED) is 0.568. The number of hydrogen-bond acceptors (Lipinski definition) is 7. The highest BCUT2D eigenvalue weighted by Gasteiger charge is 2.24. The first-order valence-corrected chi connectivity index (χ1v) is 10.8. The van der Waals surface area contributed by atoms with Gasteiger partial charge in [-0.2, -0.15) is 0 Å². The van der Waals surface area contributed by atoms with E-state index in [-0.39, 0.29) is 5.91 Å². The lowest BCUT2D eigenvalue weighted by Gasteiger charge is -2.34. The van der Waals surface area contributed by atoms with Crippen molar-refractivity contribution < 1.29 is 18.7 Å². The molecule has 7 nitrogen and oxygen atoms in total. The maximum atomic E-state index is 13.0. The Kier molecular flexibility index (Phi) is 6.26. The third-order valence-corrected chi connectivity index (χ3v) is 6.20. The molecule has 1 saturated heterocycles. The molecule has 9 heteroatoms. The molecule has 1 aliphatic rings. The predicted molar refractivity (Wildman–Crippen MR) is 116 cm³/mol. The minimum absolute atomic E-state index is 0.0636. The van der Waals surface area contributed by atoms with Crippen molar-refractivity contribution >= 4 is 28.8 Å². The van der Waals surface area contributed by atoms with Gasteiger partial charge in [-0.05, 0) is 24.3 Å². The standard InChI is InChI=1S/C21H22ClN3O4S/c1-27-18-11-14(10-16(22)19(18)28-2)21(26)25-7-5-24(6-8-25)12-15-13-30-20(23-15)17-4-3-9-29-17/h3-4,9-11,13H,5-8,12H2,1-2H3. The van der Waals surface area contributed by atoms with Gasteiger partial charge in [0, 0.05) is 43.7 Å². The van der Waals surface area contributed by atoms with Crippen LogP contribution in [0, 0.1) is 0 Å². The molecule has 0 atom stereocenters. The van der Waals surface area contributed by atoms with Crippen molar-refractivity contribution in [1.29, 1.82) is 0 Å². The Bertz CT molecular complexity index is 1010. The third-order valence-electron chi connectivity index (χ3n) is 5.01. The highest BCUT2D eigenvalue weighted by atomic mass is 35.5. The number of carbonyl (C=O) groups excluding carboxylic acids is 1. The Morgan fingerprint density at radius 3 is 2.70 bits per heavy atom. The fraction of sp³-hybridized carbons (Fsp3) is 0.333. The summed E-state index contributed by atoms with van der Waals surface area (Å²) in [5.74, 6) is 1.60. The van der Waals surface area contributed by atoms with Gasteiger partial charge in [0.05, 0.1) is 31.2 Å². The zero-order chi connectivity index (χ0) is 21.1. The Balaban J connectivity index is 1.36. The molecule has 1 fully saturated rings. The summed E-state index contributed by atoms with van der Waals surface area (Å²) in [4.78, 5) is 21.7. The van der Waals surface area contributed by atoms with E-state index in [0.717, 1.165) is 36.1 Å². The van der Waals surface area contributed by atoms with E-state index in [1.165, 1.54) is 14.2 Å². The molecule has 3 aromatic rings. The first-order chi connectivity index (χ1) is 14.6. The van der Waals surface area contributed by atoms with Crippen LogP contribution in [0.5, 0.6) is 11.5 Å². The van der Waals surface area contributed by atoms with E-state index in [2.05, 4.69) is 15.3 Å². The van der Waals surface area contributed by atoms with E-state index < -0.39 is 0 Å². The van der Waals surface area contributed by atoms with Crippen LogP contribution in [0.2, 0.25) is 5.02 Å². The number of amides is 1. The Labute approximate surface area is 183 Å². The SMILES string of the molecule is COc1cc(C(=O)N2CCN(Cc3csc(-c4ccco4)n3)CC2)cc(Cl)c1OC. The fourth-order valence-corrected chi connectivity index (χ4v) is 4.52. The van der Waals surface area contributed by atoms with Crippen LogP contribution in [-0.4, -0.2) is 61.1 Å². The number of ether oxygens (including phenoxy) is 2. The summed E-state index contributed by atoms with van der Waals surface area (Å²) in [6.45, 7) is 3.59. The van der Waals surface area contributed by atoms with Gasteiger partial charge in [-0.3, -0.25) is 9.69 Å². The molecule has 0 saturated carbocycles. The molecular formula is C21H22ClN3O4S. The van der Waals surface area contributed by atoms with Crippen molar-refractivity contribution in [1.82, 2.24) is 14.8 Å². The lowest BCUT2D eigenvalue weighted by Crippen LogP contribution is -2.48. The summed E-state index contributed by atoms with van der Waals surface area (Å²) in [6.07, 6.45) is 1.65. The molecule has 4 rings (SSSR count). The van der Waals surface area contributed by atoms with Gasteiger partial charge < -0.3 is 18.8 Å². The highest BCUT2D eigenvalue weighted by molar-refractivity contribution is 7.13. The number of rotatable bonds is 6. The minimum Gasteiger partial charge on any atom is -0.493 e. The second-order valence-corrected chi connectivity index (χ2v) is 8.15. The van der Waals surface area contributed by atoms with Crippen molar-refractivity contribution in [2.45, 2.75) is 6.54 Å². The van der Waals surface area contributed by atoms with Crippen LogP contribution in [0.25, 0.3) is 10.8 Å². The number of carbonyl (C=O) groups is 1. The summed E-state index contributed by atoms with van der Waals surface area (Å²) in [7, 11) is 3.04. The zero-order valence-electron chi connectivity index (χ0n) is 16.8. The van der Waals surface area contributed by atoms with Crippen LogP contribution in [0.1, 0.15) is 16.1 Å². The Morgan fingerprint density at radius 1 is 1.23 bits per heavy atom. The van der Waals surface area contributed by atoms with Crippen molar-refractivity contribution in [2.75, 3.05) is 40.4 Å². The normalized spacial score (nSPS) is 14.7. The van der Waals surface area contributed by atoms with Crippen LogP contribution in [0.3, 0.4) is 0 Å². The van der Waals surface area contributed by atoms with E-state index in [1.807, 2.05) is 17.0 Å². The molecule has 1 aliphatic heterocycles. The molecule has 0 radical (unpaired) electrons. The molecule has 30 heavy (non-hydrogen) atoms. The fourth-order valence-electron chi connectivity index (χ4n) is 3.46. The van der Waals surface area contributed by atoms with Gasteiger partial charge in [0.25, 0.3) is 5.91 Å². The van der Waals surface area contributed by atoms with Gasteiger partial charge in [0.15, 0.2) is 22.3 Å². The molecule has 0 aliphatic carbocycles. The van der Waals surface area contributed by atoms with Gasteiger partial charge in [-0.15, -0.1) is 11.3 Å². The highest BCUT2D eigenvalue weighted by Crippen LogP contribution is 2.36. The summed E-state index contributed by atoms with van der Waals surface area (Å²) in [6, 6.07) is 7.07. The van der Waals surface area contributed by atoms with Crippen molar-refractivity contribution in [3.8, 4) is 22.3 Å². The summed E-state index contributed by atoms with van der Waals surface area (Å²) in [5, 5.41) is 3.30. The third kappa shape index (κ3) is 4.30. The Hall–Kier alpha value is -2.55. The van der Waals surface area contributed by atoms with E-state index in [9.17, 15) is 4.79 Å². The molecule has 0 bridgehead atoms. The van der Waals surface area contributed by atoms with E-state index in [0.29, 0.717) is 35.2 Å². The van der Waals surface area contributed by atoms with Gasteiger partial charge in [-0.1, -0.05) is 11.6 Å². The van der Waals surface area contributed by atoms with Gasteiger partial charge >= 0.3 is 0 Å². The van der Waals surface area contributed by atoms with Crippen molar-refractivity contribution in [3.05, 3.63) is 52.2 Å². The molecule has 0 spiro atoms. The molecule has 158 valence electrons. The summed E-state index contributed by atoms with van der Waals surface area (Å²) < 4.78 is 16.0. The van der Waals surface area contributed by atoms with Crippen LogP contribution < -0.4 is 9.47 Å². The molecule has 1 amide bonds.